The minimum Gasteiger partial charge on any atom is -0.343 e. The Kier molecular flexibility index (Phi) is 8.03. The molecule has 2 heterocycles. The lowest BCUT2D eigenvalue weighted by Gasteiger charge is -1.77. The third kappa shape index (κ3) is 5.95. The van der Waals surface area contributed by atoms with Gasteiger partial charge in [-0.3, -0.25) is 4.79 Å². The molecular formula is C11H18N2OS3. The molecule has 0 spiro atoms. The topological polar surface area (TPSA) is 48.6 Å². The number of nitrogens with one attached hydrogen (secondary N) is 2. The first kappa shape index (κ1) is 16.3. The highest BCUT2D eigenvalue weighted by atomic mass is 32.1. The first-order valence-corrected chi connectivity index (χ1v) is 7.04. The fraction of sp³-hybridized carbons (Fsp3) is 0.455. The minimum absolute atomic E-state index is 0. The number of aryl methyl sites for hydroxylation is 2. The van der Waals surface area contributed by atoms with Crippen LogP contribution in [0, 0.1) is 3.95 Å². The van der Waals surface area contributed by atoms with Gasteiger partial charge in [0.25, 0.3) is 0 Å². The Bertz CT molecular complexity index is 473. The SMILES string of the molecule is C.CCc1c[nH]c(=O)s1.CCc1c[nH]c(=S)s1. The third-order valence-electron chi connectivity index (χ3n) is 1.85. The number of aromatic amines is 2. The maximum atomic E-state index is 10.4. The van der Waals surface area contributed by atoms with E-state index in [1.165, 1.54) is 16.2 Å². The molecule has 0 saturated heterocycles. The van der Waals surface area contributed by atoms with Crippen molar-refractivity contribution in [2.75, 3.05) is 0 Å². The van der Waals surface area contributed by atoms with E-state index in [0.717, 1.165) is 21.7 Å². The van der Waals surface area contributed by atoms with Crippen LogP contribution in [0.25, 0.3) is 0 Å². The largest absolute Gasteiger partial charge is 0.343 e. The van der Waals surface area contributed by atoms with Gasteiger partial charge in [0.2, 0.25) is 0 Å². The van der Waals surface area contributed by atoms with Crippen molar-refractivity contribution in [3.05, 3.63) is 35.8 Å². The molecule has 0 aliphatic rings. The lowest BCUT2D eigenvalue weighted by atomic mass is 10.4. The standard InChI is InChI=1S/C5H7NOS.C5H7NS2.CH4/c2*1-2-4-3-6-5(7)8-4;/h2*3H,2H2,1H3,(H,6,7);1H4. The molecule has 0 amide bonds. The summed E-state index contributed by atoms with van der Waals surface area (Å²) in [5, 5.41) is 0. The second-order valence-electron chi connectivity index (χ2n) is 3.00. The normalized spacial score (nSPS) is 9.06. The van der Waals surface area contributed by atoms with Gasteiger partial charge in [-0.25, -0.2) is 0 Å². The van der Waals surface area contributed by atoms with Gasteiger partial charge >= 0.3 is 4.87 Å². The molecule has 0 unspecified atom stereocenters. The summed E-state index contributed by atoms with van der Waals surface area (Å²) in [4.78, 5) is 18.4. The summed E-state index contributed by atoms with van der Waals surface area (Å²) < 4.78 is 0.877. The molecule has 0 aliphatic carbocycles. The van der Waals surface area contributed by atoms with E-state index in [4.69, 9.17) is 12.2 Å². The Morgan fingerprint density at radius 1 is 1.12 bits per heavy atom. The lowest BCUT2D eigenvalue weighted by molar-refractivity contribution is 1.16. The smallest absolute Gasteiger partial charge is 0.304 e. The van der Waals surface area contributed by atoms with Crippen LogP contribution in [0.15, 0.2) is 17.2 Å². The van der Waals surface area contributed by atoms with Gasteiger partial charge in [-0.2, -0.15) is 0 Å². The Morgan fingerprint density at radius 2 is 1.65 bits per heavy atom. The summed E-state index contributed by atoms with van der Waals surface area (Å²) in [5.74, 6) is 0. The van der Waals surface area contributed by atoms with Crippen molar-refractivity contribution < 1.29 is 0 Å². The molecule has 0 saturated carbocycles. The molecule has 0 radical (unpaired) electrons. The molecule has 2 aromatic rings. The van der Waals surface area contributed by atoms with Crippen molar-refractivity contribution in [3.8, 4) is 0 Å². The van der Waals surface area contributed by atoms with E-state index in [1.54, 1.807) is 17.5 Å². The number of H-pyrrole nitrogens is 2. The number of hydrogen-bond acceptors (Lipinski definition) is 4. The van der Waals surface area contributed by atoms with Crippen molar-refractivity contribution in [2.24, 2.45) is 0 Å². The monoisotopic (exact) mass is 290 g/mol. The summed E-state index contributed by atoms with van der Waals surface area (Å²) in [6.45, 7) is 4.15. The van der Waals surface area contributed by atoms with Gasteiger partial charge < -0.3 is 9.97 Å². The van der Waals surface area contributed by atoms with Crippen LogP contribution in [0.5, 0.6) is 0 Å². The second-order valence-corrected chi connectivity index (χ2v) is 5.90. The summed E-state index contributed by atoms with van der Waals surface area (Å²) >= 11 is 7.79. The molecule has 2 N–H and O–H groups in total. The molecule has 96 valence electrons. The fourth-order valence-electron chi connectivity index (χ4n) is 0.983. The van der Waals surface area contributed by atoms with Crippen LogP contribution in [-0.2, 0) is 12.8 Å². The average Bonchev–Trinajstić information content (AvgIpc) is 2.88. The second kappa shape index (κ2) is 8.38. The molecule has 0 atom stereocenters. The highest BCUT2D eigenvalue weighted by Crippen LogP contribution is 2.07. The zero-order chi connectivity index (χ0) is 12.0. The van der Waals surface area contributed by atoms with Crippen molar-refractivity contribution in [1.82, 2.24) is 9.97 Å². The van der Waals surface area contributed by atoms with E-state index in [0.29, 0.717) is 0 Å². The van der Waals surface area contributed by atoms with Gasteiger partial charge in [0.15, 0.2) is 3.95 Å². The number of aromatic nitrogens is 2. The van der Waals surface area contributed by atoms with Crippen molar-refractivity contribution >= 4 is 34.9 Å². The molecule has 3 nitrogen and oxygen atoms in total. The summed E-state index contributed by atoms with van der Waals surface area (Å²) in [5.41, 5.74) is 0. The maximum absolute atomic E-state index is 10.4. The van der Waals surface area contributed by atoms with Gasteiger partial charge in [-0.1, -0.05) is 32.6 Å². The van der Waals surface area contributed by atoms with E-state index >= 15 is 0 Å². The van der Waals surface area contributed by atoms with Gasteiger partial charge in [0.1, 0.15) is 0 Å². The predicted octanol–water partition coefficient (Wildman–Crippen LogP) is 4.00. The maximum Gasteiger partial charge on any atom is 0.304 e. The zero-order valence-corrected chi connectivity index (χ0v) is 11.7. The van der Waals surface area contributed by atoms with Crippen LogP contribution in [-0.4, -0.2) is 9.97 Å². The summed E-state index contributed by atoms with van der Waals surface area (Å²) in [6, 6.07) is 0. The van der Waals surface area contributed by atoms with E-state index in [2.05, 4.69) is 16.9 Å². The van der Waals surface area contributed by atoms with Crippen LogP contribution in [0.4, 0.5) is 0 Å². The number of hydrogen-bond donors (Lipinski definition) is 2. The lowest BCUT2D eigenvalue weighted by Crippen LogP contribution is -1.88. The molecule has 6 heteroatoms. The highest BCUT2D eigenvalue weighted by molar-refractivity contribution is 7.73. The zero-order valence-electron chi connectivity index (χ0n) is 9.20. The first-order chi connectivity index (χ1) is 7.65. The van der Waals surface area contributed by atoms with E-state index in [9.17, 15) is 4.79 Å². The number of thiazole rings is 2. The van der Waals surface area contributed by atoms with Crippen LogP contribution in [0.2, 0.25) is 0 Å². The van der Waals surface area contributed by atoms with Crippen LogP contribution >= 0.6 is 34.9 Å². The quantitative estimate of drug-likeness (QED) is 0.821. The van der Waals surface area contributed by atoms with Crippen molar-refractivity contribution in [1.29, 1.82) is 0 Å². The minimum atomic E-state index is 0. The Labute approximate surface area is 115 Å². The highest BCUT2D eigenvalue weighted by Gasteiger charge is 1.89. The molecule has 17 heavy (non-hydrogen) atoms. The van der Waals surface area contributed by atoms with Crippen LogP contribution in [0.3, 0.4) is 0 Å². The molecule has 0 aliphatic heterocycles. The summed E-state index contributed by atoms with van der Waals surface area (Å²) in [6.07, 6.45) is 5.75. The molecule has 2 rings (SSSR count). The third-order valence-corrected chi connectivity index (χ3v) is 4.16. The van der Waals surface area contributed by atoms with Crippen LogP contribution in [0.1, 0.15) is 31.0 Å². The van der Waals surface area contributed by atoms with Gasteiger partial charge in [0, 0.05) is 22.1 Å². The molecule has 0 aromatic carbocycles. The fourth-order valence-corrected chi connectivity index (χ4v) is 2.60. The van der Waals surface area contributed by atoms with E-state index < -0.39 is 0 Å². The predicted molar refractivity (Wildman–Crippen MR) is 79.9 cm³/mol. The molecular weight excluding hydrogens is 272 g/mol. The van der Waals surface area contributed by atoms with E-state index in [1.807, 2.05) is 13.1 Å². The van der Waals surface area contributed by atoms with E-state index in [-0.39, 0.29) is 12.3 Å². The van der Waals surface area contributed by atoms with Gasteiger partial charge in [-0.05, 0) is 25.1 Å². The Morgan fingerprint density at radius 3 is 1.88 bits per heavy atom. The van der Waals surface area contributed by atoms with Crippen LogP contribution < -0.4 is 4.87 Å². The first-order valence-electron chi connectivity index (χ1n) is 5.00. The Hall–Kier alpha value is -0.720. The summed E-state index contributed by atoms with van der Waals surface area (Å²) in [7, 11) is 0. The molecule has 0 bridgehead atoms. The number of rotatable bonds is 2. The molecule has 0 fully saturated rings. The average molecular weight is 290 g/mol. The Balaban J connectivity index is 0.000000284. The van der Waals surface area contributed by atoms with Gasteiger partial charge in [0.05, 0.1) is 0 Å². The van der Waals surface area contributed by atoms with Gasteiger partial charge in [-0.15, -0.1) is 11.3 Å². The molecule has 2 aromatic heterocycles. The van der Waals surface area contributed by atoms with Crippen molar-refractivity contribution in [3.63, 3.8) is 0 Å². The van der Waals surface area contributed by atoms with Crippen molar-refractivity contribution in [2.45, 2.75) is 34.1 Å².